The Morgan fingerprint density at radius 3 is 2.10 bits per heavy atom. The van der Waals surface area contributed by atoms with E-state index in [9.17, 15) is 9.59 Å². The largest absolute Gasteiger partial charge is 0.303 e. The molecule has 0 heterocycles. The highest BCUT2D eigenvalue weighted by Crippen LogP contribution is 2.07. The summed E-state index contributed by atoms with van der Waals surface area (Å²) in [4.78, 5) is 21.3. The molecule has 0 N–H and O–H groups in total. The van der Waals surface area contributed by atoms with E-state index in [0.29, 0.717) is 6.42 Å². The van der Waals surface area contributed by atoms with Crippen LogP contribution in [0.2, 0.25) is 0 Å². The van der Waals surface area contributed by atoms with Crippen LogP contribution >= 0.6 is 0 Å². The zero-order chi connectivity index (χ0) is 8.15. The first kappa shape index (κ1) is 9.34. The second kappa shape index (κ2) is 4.20. The van der Waals surface area contributed by atoms with Gasteiger partial charge in [-0.15, -0.1) is 0 Å². The average Bonchev–Trinajstić information content (AvgIpc) is 1.90. The summed E-state index contributed by atoms with van der Waals surface area (Å²) in [6.45, 7) is 5.47. The summed E-state index contributed by atoms with van der Waals surface area (Å²) in [5, 5.41) is 0. The van der Waals surface area contributed by atoms with Crippen molar-refractivity contribution in [3.8, 4) is 0 Å². The molecule has 0 saturated carbocycles. The fourth-order valence-corrected chi connectivity index (χ4v) is 0.793. The quantitative estimate of drug-likeness (QED) is 0.439. The number of ketones is 1. The number of hydrogen-bond donors (Lipinski definition) is 0. The minimum absolute atomic E-state index is 0.0184. The van der Waals surface area contributed by atoms with E-state index in [-0.39, 0.29) is 17.6 Å². The lowest BCUT2D eigenvalue weighted by Crippen LogP contribution is -2.20. The van der Waals surface area contributed by atoms with Crippen molar-refractivity contribution in [3.05, 3.63) is 0 Å². The minimum atomic E-state index is -0.375. The van der Waals surface area contributed by atoms with Gasteiger partial charge in [0.05, 0.1) is 5.92 Å². The highest BCUT2D eigenvalue weighted by atomic mass is 16.1. The minimum Gasteiger partial charge on any atom is -0.303 e. The van der Waals surface area contributed by atoms with E-state index >= 15 is 0 Å². The van der Waals surface area contributed by atoms with Crippen molar-refractivity contribution in [2.75, 3.05) is 0 Å². The topological polar surface area (TPSA) is 34.1 Å². The van der Waals surface area contributed by atoms with E-state index in [4.69, 9.17) is 0 Å². The van der Waals surface area contributed by atoms with Gasteiger partial charge in [-0.2, -0.15) is 0 Å². The van der Waals surface area contributed by atoms with Crippen LogP contribution in [0.25, 0.3) is 0 Å². The van der Waals surface area contributed by atoms with Crippen molar-refractivity contribution in [2.45, 2.75) is 27.2 Å². The van der Waals surface area contributed by atoms with E-state index in [1.165, 1.54) is 0 Å². The lowest BCUT2D eigenvalue weighted by molar-refractivity contribution is -0.129. The molecule has 2 nitrogen and oxygen atoms in total. The van der Waals surface area contributed by atoms with Crippen LogP contribution in [-0.4, -0.2) is 12.1 Å². The van der Waals surface area contributed by atoms with Crippen molar-refractivity contribution in [1.29, 1.82) is 0 Å². The van der Waals surface area contributed by atoms with Gasteiger partial charge in [-0.05, 0) is 6.42 Å². The number of Topliss-reactive ketones (excluding diaryl/α,β-unsaturated/α-hetero) is 1. The normalized spacial score (nSPS) is 13.2. The van der Waals surface area contributed by atoms with E-state index in [0.717, 1.165) is 6.29 Å². The van der Waals surface area contributed by atoms with Crippen LogP contribution in [0.1, 0.15) is 27.2 Å². The molecule has 0 aromatic heterocycles. The van der Waals surface area contributed by atoms with Gasteiger partial charge in [-0.3, -0.25) is 4.79 Å². The fourth-order valence-electron chi connectivity index (χ4n) is 0.793. The second-order valence-corrected chi connectivity index (χ2v) is 2.71. The molecule has 0 aliphatic heterocycles. The Morgan fingerprint density at radius 1 is 1.50 bits per heavy atom. The van der Waals surface area contributed by atoms with E-state index in [2.05, 4.69) is 0 Å². The van der Waals surface area contributed by atoms with Crippen molar-refractivity contribution < 1.29 is 9.59 Å². The Balaban J connectivity index is 4.02. The number of hydrogen-bond acceptors (Lipinski definition) is 2. The molecule has 58 valence electrons. The predicted octanol–water partition coefficient (Wildman–Crippen LogP) is 1.44. The van der Waals surface area contributed by atoms with E-state index in [1.54, 1.807) is 0 Å². The van der Waals surface area contributed by atoms with Crippen LogP contribution < -0.4 is 0 Å². The summed E-state index contributed by atoms with van der Waals surface area (Å²) in [7, 11) is 0. The number of carbonyl (C=O) groups excluding carboxylic acids is 2. The molecule has 1 atom stereocenters. The maximum Gasteiger partial charge on any atom is 0.145 e. The first-order valence-electron chi connectivity index (χ1n) is 3.62. The molecule has 10 heavy (non-hydrogen) atoms. The summed E-state index contributed by atoms with van der Waals surface area (Å²) < 4.78 is 0. The summed E-state index contributed by atoms with van der Waals surface area (Å²) in [5.74, 6) is -0.340. The van der Waals surface area contributed by atoms with Gasteiger partial charge in [0.2, 0.25) is 0 Å². The molecular weight excluding hydrogens is 128 g/mol. The Morgan fingerprint density at radius 2 is 2.00 bits per heavy atom. The van der Waals surface area contributed by atoms with Crippen LogP contribution in [0.3, 0.4) is 0 Å². The third kappa shape index (κ3) is 2.29. The maximum atomic E-state index is 11.1. The molecule has 0 fully saturated rings. The predicted molar refractivity (Wildman–Crippen MR) is 39.7 cm³/mol. The van der Waals surface area contributed by atoms with Crippen molar-refractivity contribution in [1.82, 2.24) is 0 Å². The average molecular weight is 142 g/mol. The number of rotatable bonds is 4. The van der Waals surface area contributed by atoms with Crippen LogP contribution in [0.5, 0.6) is 0 Å². The second-order valence-electron chi connectivity index (χ2n) is 2.71. The molecule has 0 spiro atoms. The molecule has 0 aliphatic rings. The Bertz CT molecular complexity index is 127. The molecule has 0 aliphatic carbocycles. The van der Waals surface area contributed by atoms with Crippen LogP contribution in [0, 0.1) is 11.8 Å². The van der Waals surface area contributed by atoms with Gasteiger partial charge in [-0.1, -0.05) is 20.8 Å². The van der Waals surface area contributed by atoms with Crippen LogP contribution in [0.4, 0.5) is 0 Å². The molecule has 0 aromatic rings. The van der Waals surface area contributed by atoms with Gasteiger partial charge in [0.1, 0.15) is 12.1 Å². The SMILES string of the molecule is CCC(C=O)C(=O)C(C)C. The first-order chi connectivity index (χ1) is 4.63. The van der Waals surface area contributed by atoms with Gasteiger partial charge in [0.25, 0.3) is 0 Å². The Hall–Kier alpha value is -0.660. The Kier molecular flexibility index (Phi) is 3.93. The zero-order valence-electron chi connectivity index (χ0n) is 6.76. The molecule has 2 heteroatoms. The van der Waals surface area contributed by atoms with Gasteiger partial charge in [0.15, 0.2) is 0 Å². The Labute approximate surface area is 61.6 Å². The molecule has 1 unspecified atom stereocenters. The molecule has 0 bridgehead atoms. The molecule has 0 radical (unpaired) electrons. The van der Waals surface area contributed by atoms with Gasteiger partial charge < -0.3 is 4.79 Å². The molecule has 0 amide bonds. The summed E-state index contributed by atoms with van der Waals surface area (Å²) >= 11 is 0. The lowest BCUT2D eigenvalue weighted by atomic mass is 9.95. The monoisotopic (exact) mass is 142 g/mol. The van der Waals surface area contributed by atoms with Gasteiger partial charge >= 0.3 is 0 Å². The molecule has 0 saturated heterocycles. The zero-order valence-corrected chi connectivity index (χ0v) is 6.76. The summed E-state index contributed by atoms with van der Waals surface area (Å²) in [6, 6.07) is 0. The third-order valence-corrected chi connectivity index (χ3v) is 1.54. The highest BCUT2D eigenvalue weighted by molar-refractivity contribution is 5.94. The van der Waals surface area contributed by atoms with Gasteiger partial charge in [0, 0.05) is 5.92 Å². The highest BCUT2D eigenvalue weighted by Gasteiger charge is 2.17. The number of carbonyl (C=O) groups is 2. The van der Waals surface area contributed by atoms with E-state index in [1.807, 2.05) is 20.8 Å². The van der Waals surface area contributed by atoms with Gasteiger partial charge in [-0.25, -0.2) is 0 Å². The summed E-state index contributed by atoms with van der Waals surface area (Å²) in [6.07, 6.45) is 1.36. The third-order valence-electron chi connectivity index (χ3n) is 1.54. The van der Waals surface area contributed by atoms with Crippen LogP contribution in [-0.2, 0) is 9.59 Å². The van der Waals surface area contributed by atoms with Crippen LogP contribution in [0.15, 0.2) is 0 Å². The molecule has 0 rings (SSSR count). The maximum absolute atomic E-state index is 11.1. The van der Waals surface area contributed by atoms with Crippen molar-refractivity contribution >= 4 is 12.1 Å². The molecular formula is C8H14O2. The lowest BCUT2D eigenvalue weighted by Gasteiger charge is -2.07. The van der Waals surface area contributed by atoms with Crippen molar-refractivity contribution in [2.24, 2.45) is 11.8 Å². The summed E-state index contributed by atoms with van der Waals surface area (Å²) in [5.41, 5.74) is 0. The smallest absolute Gasteiger partial charge is 0.145 e. The van der Waals surface area contributed by atoms with Crippen molar-refractivity contribution in [3.63, 3.8) is 0 Å². The number of aldehydes is 1. The standard InChI is InChI=1S/C8H14O2/c1-4-7(5-9)8(10)6(2)3/h5-7H,4H2,1-3H3. The fraction of sp³-hybridized carbons (Fsp3) is 0.750. The molecule has 0 aromatic carbocycles. The first-order valence-corrected chi connectivity index (χ1v) is 3.62. The van der Waals surface area contributed by atoms with E-state index < -0.39 is 0 Å².